The summed E-state index contributed by atoms with van der Waals surface area (Å²) in [4.78, 5) is 4.60. The van der Waals surface area contributed by atoms with Crippen molar-refractivity contribution in [3.05, 3.63) is 83.7 Å². The van der Waals surface area contributed by atoms with Crippen molar-refractivity contribution in [2.24, 2.45) is 0 Å². The number of fused-ring (bicyclic) bond motifs is 3. The van der Waals surface area contributed by atoms with Gasteiger partial charge in [-0.3, -0.25) is 0 Å². The maximum Gasteiger partial charge on any atom is 0.234 e. The zero-order valence-corrected chi connectivity index (χ0v) is 15.0. The highest BCUT2D eigenvalue weighted by Gasteiger charge is 2.19. The maximum absolute atomic E-state index is 14.3. The van der Waals surface area contributed by atoms with E-state index >= 15 is 0 Å². The molecule has 3 aromatic carbocycles. The molecule has 0 saturated heterocycles. The number of para-hydroxylation sites is 2. The number of nitrogens with two attached hydrogens (primary N) is 1. The first-order valence-electron chi connectivity index (χ1n) is 8.85. The molecule has 0 atom stereocenters. The summed E-state index contributed by atoms with van der Waals surface area (Å²) in [5, 5.41) is 4.57. The summed E-state index contributed by atoms with van der Waals surface area (Å²) in [5.41, 5.74) is 8.67. The zero-order chi connectivity index (χ0) is 20.1. The Hall–Kier alpha value is -3.81. The number of nitrogen functional groups attached to an aromatic ring is 1. The summed E-state index contributed by atoms with van der Waals surface area (Å²) >= 11 is 0. The van der Waals surface area contributed by atoms with Crippen molar-refractivity contribution in [3.63, 3.8) is 0 Å². The molecule has 0 unspecified atom stereocenters. The first-order chi connectivity index (χ1) is 14.0. The SMILES string of the molecule is Nc1ccc(-c2nc3n(Cc4ccc(F)c(F)c4F)c4ccccc4n3n2)cc1. The van der Waals surface area contributed by atoms with Crippen LogP contribution in [0, 0.1) is 17.5 Å². The maximum atomic E-state index is 14.3. The molecule has 0 aliphatic rings. The number of rotatable bonds is 3. The lowest BCUT2D eigenvalue weighted by Crippen LogP contribution is -2.05. The van der Waals surface area contributed by atoms with E-state index in [1.54, 1.807) is 21.2 Å². The van der Waals surface area contributed by atoms with Crippen LogP contribution >= 0.6 is 0 Å². The molecule has 5 aromatic rings. The van der Waals surface area contributed by atoms with Gasteiger partial charge in [-0.1, -0.05) is 18.2 Å². The van der Waals surface area contributed by atoms with E-state index in [4.69, 9.17) is 5.73 Å². The molecule has 0 saturated carbocycles. The molecule has 5 nitrogen and oxygen atoms in total. The van der Waals surface area contributed by atoms with Gasteiger partial charge in [-0.15, -0.1) is 5.10 Å². The Bertz CT molecular complexity index is 1370. The highest BCUT2D eigenvalue weighted by atomic mass is 19.2. The van der Waals surface area contributed by atoms with Crippen LogP contribution in [0.15, 0.2) is 60.7 Å². The van der Waals surface area contributed by atoms with Gasteiger partial charge in [-0.25, -0.2) is 13.2 Å². The predicted molar refractivity (Wildman–Crippen MR) is 104 cm³/mol. The smallest absolute Gasteiger partial charge is 0.234 e. The molecule has 2 aromatic heterocycles. The Morgan fingerprint density at radius 3 is 2.31 bits per heavy atom. The number of imidazole rings is 1. The Labute approximate surface area is 162 Å². The van der Waals surface area contributed by atoms with E-state index in [9.17, 15) is 13.2 Å². The highest BCUT2D eigenvalue weighted by Crippen LogP contribution is 2.26. The van der Waals surface area contributed by atoms with Crippen molar-refractivity contribution in [2.75, 3.05) is 5.73 Å². The number of hydrogen-bond acceptors (Lipinski definition) is 3. The topological polar surface area (TPSA) is 61.1 Å². The van der Waals surface area contributed by atoms with Crippen molar-refractivity contribution < 1.29 is 13.2 Å². The van der Waals surface area contributed by atoms with Crippen LogP contribution < -0.4 is 5.73 Å². The monoisotopic (exact) mass is 393 g/mol. The van der Waals surface area contributed by atoms with Crippen molar-refractivity contribution in [1.82, 2.24) is 19.2 Å². The van der Waals surface area contributed by atoms with Crippen LogP contribution in [0.4, 0.5) is 18.9 Å². The first-order valence-corrected chi connectivity index (χ1v) is 8.85. The Morgan fingerprint density at radius 1 is 0.828 bits per heavy atom. The molecule has 144 valence electrons. The number of aromatic nitrogens is 4. The van der Waals surface area contributed by atoms with Gasteiger partial charge in [0.15, 0.2) is 23.3 Å². The predicted octanol–water partition coefficient (Wildman–Crippen LogP) is 4.40. The van der Waals surface area contributed by atoms with Gasteiger partial charge < -0.3 is 10.3 Å². The second kappa shape index (κ2) is 6.37. The number of benzene rings is 3. The average molecular weight is 393 g/mol. The quantitative estimate of drug-likeness (QED) is 0.365. The van der Waals surface area contributed by atoms with Gasteiger partial charge in [0, 0.05) is 16.8 Å². The number of halogens is 3. The number of hydrogen-bond donors (Lipinski definition) is 1. The van der Waals surface area contributed by atoms with Crippen LogP contribution in [0.25, 0.3) is 28.2 Å². The minimum Gasteiger partial charge on any atom is -0.399 e. The molecule has 8 heteroatoms. The van der Waals surface area contributed by atoms with Crippen molar-refractivity contribution in [2.45, 2.75) is 6.54 Å². The fourth-order valence-corrected chi connectivity index (χ4v) is 3.39. The Balaban J connectivity index is 1.71. The molecule has 0 bridgehead atoms. The van der Waals surface area contributed by atoms with Gasteiger partial charge in [0.2, 0.25) is 5.78 Å². The van der Waals surface area contributed by atoms with E-state index in [2.05, 4.69) is 10.1 Å². The normalized spacial score (nSPS) is 11.6. The molecule has 0 amide bonds. The second-order valence-electron chi connectivity index (χ2n) is 6.68. The third kappa shape index (κ3) is 2.72. The van der Waals surface area contributed by atoms with Crippen LogP contribution in [-0.4, -0.2) is 19.2 Å². The fourth-order valence-electron chi connectivity index (χ4n) is 3.39. The van der Waals surface area contributed by atoms with Gasteiger partial charge in [-0.2, -0.15) is 9.50 Å². The molecule has 29 heavy (non-hydrogen) atoms. The fraction of sp³-hybridized carbons (Fsp3) is 0.0476. The molecular formula is C21H14F3N5. The summed E-state index contributed by atoms with van der Waals surface area (Å²) < 4.78 is 44.7. The molecule has 2 N–H and O–H groups in total. The third-order valence-corrected chi connectivity index (χ3v) is 4.84. The van der Waals surface area contributed by atoms with Crippen LogP contribution in [0.3, 0.4) is 0 Å². The van der Waals surface area contributed by atoms with Crippen molar-refractivity contribution in [1.29, 1.82) is 0 Å². The summed E-state index contributed by atoms with van der Waals surface area (Å²) in [6, 6.07) is 16.7. The van der Waals surface area contributed by atoms with E-state index in [1.165, 1.54) is 6.07 Å². The van der Waals surface area contributed by atoms with Crippen LogP contribution in [0.5, 0.6) is 0 Å². The molecule has 5 rings (SSSR count). The van der Waals surface area contributed by atoms with E-state index in [0.29, 0.717) is 17.3 Å². The summed E-state index contributed by atoms with van der Waals surface area (Å²) in [6.07, 6.45) is 0. The van der Waals surface area contributed by atoms with Crippen molar-refractivity contribution in [3.8, 4) is 11.4 Å². The van der Waals surface area contributed by atoms with Gasteiger partial charge in [-0.05, 0) is 42.5 Å². The minimum atomic E-state index is -1.49. The van der Waals surface area contributed by atoms with Gasteiger partial charge in [0.25, 0.3) is 0 Å². The molecule has 0 aliphatic heterocycles. The minimum absolute atomic E-state index is 0.0178. The highest BCUT2D eigenvalue weighted by molar-refractivity contribution is 5.81. The summed E-state index contributed by atoms with van der Waals surface area (Å²) in [5.74, 6) is -2.98. The molecule has 0 fully saturated rings. The number of nitrogens with zero attached hydrogens (tertiary/aromatic N) is 4. The third-order valence-electron chi connectivity index (χ3n) is 4.84. The summed E-state index contributed by atoms with van der Waals surface area (Å²) in [6.45, 7) is -0.0279. The van der Waals surface area contributed by atoms with E-state index in [-0.39, 0.29) is 12.1 Å². The number of anilines is 1. The Morgan fingerprint density at radius 2 is 1.55 bits per heavy atom. The lowest BCUT2D eigenvalue weighted by atomic mass is 10.2. The van der Waals surface area contributed by atoms with Crippen LogP contribution in [0.1, 0.15) is 5.56 Å². The lowest BCUT2D eigenvalue weighted by Gasteiger charge is -2.07. The van der Waals surface area contributed by atoms with E-state index < -0.39 is 17.5 Å². The average Bonchev–Trinajstić information content (AvgIpc) is 3.28. The zero-order valence-electron chi connectivity index (χ0n) is 15.0. The molecule has 2 heterocycles. The van der Waals surface area contributed by atoms with Crippen molar-refractivity contribution >= 4 is 22.5 Å². The standard InChI is InChI=1S/C21H14F3N5/c22-15-10-7-13(18(23)19(15)24)11-28-16-3-1-2-4-17(16)29-21(28)26-20(27-29)12-5-8-14(25)9-6-12/h1-10H,11,25H2. The molecular weight excluding hydrogens is 379 g/mol. The van der Waals surface area contributed by atoms with Gasteiger partial charge in [0.05, 0.1) is 17.6 Å². The lowest BCUT2D eigenvalue weighted by molar-refractivity contribution is 0.439. The second-order valence-corrected chi connectivity index (χ2v) is 6.68. The summed E-state index contributed by atoms with van der Waals surface area (Å²) in [7, 11) is 0. The van der Waals surface area contributed by atoms with Gasteiger partial charge in [0.1, 0.15) is 0 Å². The van der Waals surface area contributed by atoms with Crippen LogP contribution in [-0.2, 0) is 6.54 Å². The first kappa shape index (κ1) is 17.3. The van der Waals surface area contributed by atoms with Crippen LogP contribution in [0.2, 0.25) is 0 Å². The Kier molecular flexibility index (Phi) is 3.80. The van der Waals surface area contributed by atoms with E-state index in [1.807, 2.05) is 36.4 Å². The molecule has 0 spiro atoms. The van der Waals surface area contributed by atoms with E-state index in [0.717, 1.165) is 22.7 Å². The van der Waals surface area contributed by atoms with Gasteiger partial charge >= 0.3 is 0 Å². The molecule has 0 aliphatic carbocycles. The largest absolute Gasteiger partial charge is 0.399 e. The molecule has 0 radical (unpaired) electrons.